The first-order chi connectivity index (χ1) is 18.4. The smallest absolute Gasteiger partial charge is 0.326 e. The number of carboxylic acids is 1. The number of anilines is 3. The van der Waals surface area contributed by atoms with Crippen molar-refractivity contribution >= 4 is 35.0 Å². The second-order valence-electron chi connectivity index (χ2n) is 9.22. The van der Waals surface area contributed by atoms with Crippen molar-refractivity contribution in [2.24, 2.45) is 0 Å². The Morgan fingerprint density at radius 3 is 2.13 bits per heavy atom. The van der Waals surface area contributed by atoms with Crippen LogP contribution in [0.2, 0.25) is 0 Å². The van der Waals surface area contributed by atoms with Crippen molar-refractivity contribution < 1.29 is 24.6 Å². The number of benzene rings is 3. The highest BCUT2D eigenvalue weighted by Gasteiger charge is 2.18. The largest absolute Gasteiger partial charge is 0.508 e. The summed E-state index contributed by atoms with van der Waals surface area (Å²) in [6.07, 6.45) is 3.46. The van der Waals surface area contributed by atoms with Crippen LogP contribution >= 0.6 is 0 Å². The molecule has 0 atom stereocenters. The lowest BCUT2D eigenvalue weighted by atomic mass is 10.1. The van der Waals surface area contributed by atoms with Crippen LogP contribution in [0.5, 0.6) is 5.75 Å². The highest BCUT2D eigenvalue weighted by Crippen LogP contribution is 2.26. The van der Waals surface area contributed by atoms with Crippen LogP contribution in [0.4, 0.5) is 21.9 Å². The molecule has 0 unspecified atom stereocenters. The molecule has 9 heteroatoms. The van der Waals surface area contributed by atoms with Gasteiger partial charge in [0.05, 0.1) is 13.0 Å². The van der Waals surface area contributed by atoms with E-state index in [-0.39, 0.29) is 37.2 Å². The number of carboxylic acid groups (broad SMARTS) is 1. The molecule has 4 N–H and O–H groups in total. The highest BCUT2D eigenvalue weighted by atomic mass is 16.4. The number of amides is 3. The fourth-order valence-corrected chi connectivity index (χ4v) is 4.34. The maximum absolute atomic E-state index is 13.4. The maximum Gasteiger partial charge on any atom is 0.326 e. The zero-order chi connectivity index (χ0) is 26.9. The number of phenolic OH excluding ortho intramolecular Hbond substituents is 1. The first kappa shape index (κ1) is 26.5. The van der Waals surface area contributed by atoms with E-state index in [9.17, 15) is 19.5 Å². The molecule has 3 aromatic rings. The van der Waals surface area contributed by atoms with Crippen LogP contribution in [0.1, 0.15) is 41.6 Å². The number of phenols is 1. The van der Waals surface area contributed by atoms with Gasteiger partial charge in [0.1, 0.15) is 5.75 Å². The number of aromatic hydroxyl groups is 1. The van der Waals surface area contributed by atoms with E-state index in [0.717, 1.165) is 30.0 Å². The standard InChI is InChI=1S/C29H32N4O5/c34-26-14-8-23(9-15-26)31-29(38)33(25-12-10-24(11-13-25)32-18-2-1-3-19-32)20-21-4-6-22(7-5-21)28(37)30-17-16-27(35)36/h4-15,34H,1-3,16-20H2,(H,30,37)(H,31,38)(H,35,36). The Kier molecular flexibility index (Phi) is 8.81. The minimum absolute atomic E-state index is 0.0502. The van der Waals surface area contributed by atoms with Crippen LogP contribution in [-0.2, 0) is 11.3 Å². The normalized spacial score (nSPS) is 13.0. The van der Waals surface area contributed by atoms with Gasteiger partial charge in [-0.3, -0.25) is 14.5 Å². The third kappa shape index (κ3) is 7.25. The van der Waals surface area contributed by atoms with Gasteiger partial charge >= 0.3 is 12.0 Å². The fraction of sp³-hybridized carbons (Fsp3) is 0.276. The number of hydrogen-bond donors (Lipinski definition) is 4. The molecule has 4 rings (SSSR count). The van der Waals surface area contributed by atoms with Gasteiger partial charge in [0.2, 0.25) is 0 Å². The van der Waals surface area contributed by atoms with Crippen molar-refractivity contribution in [2.75, 3.05) is 34.8 Å². The van der Waals surface area contributed by atoms with Crippen molar-refractivity contribution in [2.45, 2.75) is 32.2 Å². The quantitative estimate of drug-likeness (QED) is 0.302. The van der Waals surface area contributed by atoms with Gasteiger partial charge in [-0.25, -0.2) is 4.79 Å². The van der Waals surface area contributed by atoms with Crippen molar-refractivity contribution in [1.82, 2.24) is 5.32 Å². The van der Waals surface area contributed by atoms with E-state index in [1.165, 1.54) is 31.4 Å². The Morgan fingerprint density at radius 1 is 0.842 bits per heavy atom. The third-order valence-corrected chi connectivity index (χ3v) is 6.43. The molecular weight excluding hydrogens is 484 g/mol. The first-order valence-corrected chi connectivity index (χ1v) is 12.7. The number of rotatable bonds is 9. The van der Waals surface area contributed by atoms with Crippen LogP contribution in [0.3, 0.4) is 0 Å². The Bertz CT molecular complexity index is 1240. The van der Waals surface area contributed by atoms with Gasteiger partial charge in [-0.1, -0.05) is 12.1 Å². The molecule has 38 heavy (non-hydrogen) atoms. The summed E-state index contributed by atoms with van der Waals surface area (Å²) < 4.78 is 0. The second kappa shape index (κ2) is 12.6. The molecule has 1 aliphatic heterocycles. The van der Waals surface area contributed by atoms with Crippen LogP contribution in [0.25, 0.3) is 0 Å². The number of carbonyl (C=O) groups excluding carboxylic acids is 2. The van der Waals surface area contributed by atoms with E-state index in [1.807, 2.05) is 24.3 Å². The lowest BCUT2D eigenvalue weighted by Gasteiger charge is -2.29. The molecule has 1 heterocycles. The molecule has 0 aliphatic carbocycles. The number of aliphatic carboxylic acids is 1. The van der Waals surface area contributed by atoms with Crippen LogP contribution in [0, 0.1) is 0 Å². The summed E-state index contributed by atoms with van der Waals surface area (Å²) in [6.45, 7) is 2.36. The monoisotopic (exact) mass is 516 g/mol. The van der Waals surface area contributed by atoms with Crippen molar-refractivity contribution in [3.63, 3.8) is 0 Å². The summed E-state index contributed by atoms with van der Waals surface area (Å²) in [7, 11) is 0. The molecule has 1 fully saturated rings. The Hall–Kier alpha value is -4.53. The first-order valence-electron chi connectivity index (χ1n) is 12.7. The van der Waals surface area contributed by atoms with E-state index < -0.39 is 5.97 Å². The molecule has 9 nitrogen and oxygen atoms in total. The molecule has 0 saturated carbocycles. The zero-order valence-electron chi connectivity index (χ0n) is 21.1. The van der Waals surface area contributed by atoms with E-state index >= 15 is 0 Å². The molecule has 0 spiro atoms. The average molecular weight is 517 g/mol. The van der Waals surface area contributed by atoms with Gasteiger partial charge in [-0.05, 0) is 85.5 Å². The number of nitrogens with zero attached hydrogens (tertiary/aromatic N) is 2. The Labute approximate surface area is 221 Å². The van der Waals surface area contributed by atoms with Gasteiger partial charge in [-0.15, -0.1) is 0 Å². The Morgan fingerprint density at radius 2 is 1.50 bits per heavy atom. The molecule has 0 bridgehead atoms. The van der Waals surface area contributed by atoms with Gasteiger partial charge in [-0.2, -0.15) is 0 Å². The molecule has 1 saturated heterocycles. The lowest BCUT2D eigenvalue weighted by molar-refractivity contribution is -0.136. The van der Waals surface area contributed by atoms with E-state index in [0.29, 0.717) is 11.3 Å². The summed E-state index contributed by atoms with van der Waals surface area (Å²) in [4.78, 5) is 40.3. The topological polar surface area (TPSA) is 122 Å². The minimum Gasteiger partial charge on any atom is -0.508 e. The van der Waals surface area contributed by atoms with Crippen molar-refractivity contribution in [3.05, 3.63) is 83.9 Å². The van der Waals surface area contributed by atoms with Crippen LogP contribution in [0.15, 0.2) is 72.8 Å². The van der Waals surface area contributed by atoms with E-state index in [4.69, 9.17) is 5.11 Å². The predicted molar refractivity (Wildman–Crippen MR) is 147 cm³/mol. The predicted octanol–water partition coefficient (Wildman–Crippen LogP) is 4.83. The zero-order valence-corrected chi connectivity index (χ0v) is 21.1. The molecule has 3 amide bonds. The summed E-state index contributed by atoms with van der Waals surface area (Å²) in [5.41, 5.74) is 3.62. The second-order valence-corrected chi connectivity index (χ2v) is 9.22. The highest BCUT2D eigenvalue weighted by molar-refractivity contribution is 6.02. The third-order valence-electron chi connectivity index (χ3n) is 6.43. The summed E-state index contributed by atoms with van der Waals surface area (Å²) in [5, 5.41) is 23.8. The summed E-state index contributed by atoms with van der Waals surface area (Å²) in [5.74, 6) is -1.22. The molecular formula is C29H32N4O5. The Balaban J connectivity index is 1.50. The number of carbonyl (C=O) groups is 3. The minimum atomic E-state index is -0.977. The number of nitrogens with one attached hydrogen (secondary N) is 2. The molecule has 1 aliphatic rings. The number of hydrogen-bond acceptors (Lipinski definition) is 5. The molecule has 0 radical (unpaired) electrons. The van der Waals surface area contributed by atoms with Crippen molar-refractivity contribution in [3.8, 4) is 5.75 Å². The number of piperidine rings is 1. The molecule has 198 valence electrons. The van der Waals surface area contributed by atoms with Gasteiger partial charge in [0.15, 0.2) is 0 Å². The van der Waals surface area contributed by atoms with Gasteiger partial charge in [0.25, 0.3) is 5.91 Å². The van der Waals surface area contributed by atoms with Crippen LogP contribution in [-0.4, -0.2) is 47.8 Å². The molecule has 3 aromatic carbocycles. The number of urea groups is 1. The maximum atomic E-state index is 13.4. The SMILES string of the molecule is O=C(O)CCNC(=O)c1ccc(CN(C(=O)Nc2ccc(O)cc2)c2ccc(N3CCCCC3)cc2)cc1. The summed E-state index contributed by atoms with van der Waals surface area (Å²) >= 11 is 0. The lowest BCUT2D eigenvalue weighted by Crippen LogP contribution is -2.34. The van der Waals surface area contributed by atoms with Crippen LogP contribution < -0.4 is 20.4 Å². The van der Waals surface area contributed by atoms with Crippen molar-refractivity contribution in [1.29, 1.82) is 0 Å². The summed E-state index contributed by atoms with van der Waals surface area (Å²) in [6, 6.07) is 20.7. The molecule has 0 aromatic heterocycles. The average Bonchev–Trinajstić information content (AvgIpc) is 2.93. The van der Waals surface area contributed by atoms with Gasteiger partial charge in [0, 0.05) is 42.3 Å². The van der Waals surface area contributed by atoms with E-state index in [2.05, 4.69) is 15.5 Å². The fourth-order valence-electron chi connectivity index (χ4n) is 4.34. The van der Waals surface area contributed by atoms with Gasteiger partial charge < -0.3 is 25.7 Å². The van der Waals surface area contributed by atoms with E-state index in [1.54, 1.807) is 41.3 Å².